The maximum atomic E-state index is 13.6. The van der Waals surface area contributed by atoms with Gasteiger partial charge in [0.15, 0.2) is 0 Å². The number of nitrogens with one attached hydrogen (secondary N) is 1. The van der Waals surface area contributed by atoms with Crippen LogP contribution in [0.1, 0.15) is 22.7 Å². The lowest BCUT2D eigenvalue weighted by atomic mass is 9.96. The van der Waals surface area contributed by atoms with Gasteiger partial charge in [-0.05, 0) is 43.8 Å². The van der Waals surface area contributed by atoms with E-state index in [4.69, 9.17) is 4.74 Å². The summed E-state index contributed by atoms with van der Waals surface area (Å²) in [5.74, 6) is 0.525. The molecule has 20 heavy (non-hydrogen) atoms. The average molecular weight is 338 g/mol. The SMILES string of the molecule is CNC(c1cc(F)cc(Br)c1)c1cc(C)ccc1OC. The molecule has 2 aromatic rings. The molecule has 0 bridgehead atoms. The predicted molar refractivity (Wildman–Crippen MR) is 82.7 cm³/mol. The van der Waals surface area contributed by atoms with Crippen LogP contribution < -0.4 is 10.1 Å². The summed E-state index contributed by atoms with van der Waals surface area (Å²) in [6.45, 7) is 2.02. The van der Waals surface area contributed by atoms with Crippen molar-refractivity contribution in [3.63, 3.8) is 0 Å². The van der Waals surface area contributed by atoms with E-state index in [9.17, 15) is 4.39 Å². The molecule has 1 N–H and O–H groups in total. The molecule has 0 saturated carbocycles. The van der Waals surface area contributed by atoms with Crippen molar-refractivity contribution in [1.82, 2.24) is 5.32 Å². The second-order valence-corrected chi connectivity index (χ2v) is 5.59. The van der Waals surface area contributed by atoms with E-state index in [1.54, 1.807) is 7.11 Å². The van der Waals surface area contributed by atoms with E-state index in [1.807, 2.05) is 32.2 Å². The van der Waals surface area contributed by atoms with Gasteiger partial charge in [-0.15, -0.1) is 0 Å². The van der Waals surface area contributed by atoms with Crippen molar-refractivity contribution in [2.75, 3.05) is 14.2 Å². The Kier molecular flexibility index (Phi) is 4.78. The van der Waals surface area contributed by atoms with Crippen molar-refractivity contribution < 1.29 is 9.13 Å². The molecule has 0 aliphatic heterocycles. The van der Waals surface area contributed by atoms with E-state index >= 15 is 0 Å². The Labute approximate surface area is 127 Å². The monoisotopic (exact) mass is 337 g/mol. The normalized spacial score (nSPS) is 12.2. The highest BCUT2D eigenvalue weighted by Crippen LogP contribution is 2.32. The second-order valence-electron chi connectivity index (χ2n) is 4.67. The number of aryl methyl sites for hydroxylation is 1. The topological polar surface area (TPSA) is 21.3 Å². The van der Waals surface area contributed by atoms with Gasteiger partial charge in [0.05, 0.1) is 13.2 Å². The van der Waals surface area contributed by atoms with Gasteiger partial charge in [-0.1, -0.05) is 33.6 Å². The lowest BCUT2D eigenvalue weighted by Gasteiger charge is -2.21. The molecule has 0 aliphatic carbocycles. The average Bonchev–Trinajstić information content (AvgIpc) is 2.39. The summed E-state index contributed by atoms with van der Waals surface area (Å²) in [5.41, 5.74) is 2.98. The van der Waals surface area contributed by atoms with Crippen LogP contribution in [0.4, 0.5) is 4.39 Å². The molecule has 2 aromatic carbocycles. The molecule has 0 amide bonds. The molecule has 2 nitrogen and oxygen atoms in total. The Bertz CT molecular complexity index is 595. The molecule has 4 heteroatoms. The van der Waals surface area contributed by atoms with Gasteiger partial charge in [0.2, 0.25) is 0 Å². The summed E-state index contributed by atoms with van der Waals surface area (Å²) in [5, 5.41) is 3.22. The highest BCUT2D eigenvalue weighted by Gasteiger charge is 2.18. The van der Waals surface area contributed by atoms with Crippen LogP contribution in [0.25, 0.3) is 0 Å². The Morgan fingerprint density at radius 1 is 1.20 bits per heavy atom. The summed E-state index contributed by atoms with van der Waals surface area (Å²) in [6.07, 6.45) is 0. The first-order valence-electron chi connectivity index (χ1n) is 6.33. The van der Waals surface area contributed by atoms with Crippen LogP contribution in [0.2, 0.25) is 0 Å². The molecular formula is C16H17BrFNO. The van der Waals surface area contributed by atoms with E-state index in [-0.39, 0.29) is 11.9 Å². The summed E-state index contributed by atoms with van der Waals surface area (Å²) < 4.78 is 19.8. The lowest BCUT2D eigenvalue weighted by molar-refractivity contribution is 0.405. The van der Waals surface area contributed by atoms with E-state index < -0.39 is 0 Å². The van der Waals surface area contributed by atoms with Crippen LogP contribution in [-0.4, -0.2) is 14.2 Å². The summed E-state index contributed by atoms with van der Waals surface area (Å²) in [4.78, 5) is 0. The fourth-order valence-corrected chi connectivity index (χ4v) is 2.81. The van der Waals surface area contributed by atoms with Crippen molar-refractivity contribution >= 4 is 15.9 Å². The van der Waals surface area contributed by atoms with Gasteiger partial charge in [0, 0.05) is 10.0 Å². The zero-order chi connectivity index (χ0) is 14.7. The van der Waals surface area contributed by atoms with Gasteiger partial charge in [0.1, 0.15) is 11.6 Å². The lowest BCUT2D eigenvalue weighted by Crippen LogP contribution is -2.18. The standard InChI is InChI=1S/C16H17BrFNO/c1-10-4-5-15(20-3)14(6-10)16(19-2)11-7-12(17)9-13(18)8-11/h4-9,16,19H,1-3H3. The molecule has 2 rings (SSSR count). The molecule has 1 unspecified atom stereocenters. The first-order chi connectivity index (χ1) is 9.55. The van der Waals surface area contributed by atoms with Gasteiger partial charge in [-0.3, -0.25) is 0 Å². The molecule has 0 saturated heterocycles. The minimum atomic E-state index is -0.263. The Morgan fingerprint density at radius 2 is 1.95 bits per heavy atom. The molecule has 1 atom stereocenters. The largest absolute Gasteiger partial charge is 0.496 e. The number of hydrogen-bond donors (Lipinski definition) is 1. The zero-order valence-corrected chi connectivity index (χ0v) is 13.3. The third-order valence-corrected chi connectivity index (χ3v) is 3.66. The van der Waals surface area contributed by atoms with Crippen molar-refractivity contribution in [3.05, 3.63) is 63.4 Å². The van der Waals surface area contributed by atoms with E-state index in [1.165, 1.54) is 12.1 Å². The Hall–Kier alpha value is -1.39. The maximum Gasteiger partial charge on any atom is 0.124 e. The number of halogens is 2. The number of methoxy groups -OCH3 is 1. The molecule has 0 heterocycles. The van der Waals surface area contributed by atoms with Crippen molar-refractivity contribution in [1.29, 1.82) is 0 Å². The van der Waals surface area contributed by atoms with Gasteiger partial charge in [-0.25, -0.2) is 4.39 Å². The van der Waals surface area contributed by atoms with Crippen LogP contribution in [0.3, 0.4) is 0 Å². The van der Waals surface area contributed by atoms with Crippen LogP contribution in [0, 0.1) is 12.7 Å². The third kappa shape index (κ3) is 3.19. The molecule has 0 radical (unpaired) electrons. The number of ether oxygens (including phenoxy) is 1. The third-order valence-electron chi connectivity index (χ3n) is 3.20. The highest BCUT2D eigenvalue weighted by atomic mass is 79.9. The molecule has 0 fully saturated rings. The zero-order valence-electron chi connectivity index (χ0n) is 11.7. The summed E-state index contributed by atoms with van der Waals surface area (Å²) in [6, 6.07) is 10.7. The number of hydrogen-bond acceptors (Lipinski definition) is 2. The summed E-state index contributed by atoms with van der Waals surface area (Å²) in [7, 11) is 3.49. The van der Waals surface area contributed by atoms with E-state index in [0.717, 1.165) is 26.9 Å². The van der Waals surface area contributed by atoms with E-state index in [0.29, 0.717) is 0 Å². The smallest absolute Gasteiger partial charge is 0.124 e. The molecule has 0 spiro atoms. The fourth-order valence-electron chi connectivity index (χ4n) is 2.32. The van der Waals surface area contributed by atoms with Crippen molar-refractivity contribution in [2.24, 2.45) is 0 Å². The van der Waals surface area contributed by atoms with Gasteiger partial charge >= 0.3 is 0 Å². The minimum Gasteiger partial charge on any atom is -0.496 e. The van der Waals surface area contributed by atoms with Crippen LogP contribution in [0.15, 0.2) is 40.9 Å². The molecule has 0 aromatic heterocycles. The van der Waals surface area contributed by atoms with Crippen molar-refractivity contribution in [3.8, 4) is 5.75 Å². The number of rotatable bonds is 4. The van der Waals surface area contributed by atoms with Crippen LogP contribution in [0.5, 0.6) is 5.75 Å². The first kappa shape index (κ1) is 15.0. The highest BCUT2D eigenvalue weighted by molar-refractivity contribution is 9.10. The second kappa shape index (κ2) is 6.37. The predicted octanol–water partition coefficient (Wildman–Crippen LogP) is 4.21. The summed E-state index contributed by atoms with van der Waals surface area (Å²) >= 11 is 3.33. The molecule has 0 aliphatic rings. The maximum absolute atomic E-state index is 13.6. The minimum absolute atomic E-state index is 0.128. The quantitative estimate of drug-likeness (QED) is 0.902. The van der Waals surface area contributed by atoms with E-state index in [2.05, 4.69) is 27.3 Å². The number of benzene rings is 2. The van der Waals surface area contributed by atoms with Crippen LogP contribution in [-0.2, 0) is 0 Å². The fraction of sp³-hybridized carbons (Fsp3) is 0.250. The van der Waals surface area contributed by atoms with Crippen molar-refractivity contribution in [2.45, 2.75) is 13.0 Å². The Morgan fingerprint density at radius 3 is 2.55 bits per heavy atom. The van der Waals surface area contributed by atoms with Crippen LogP contribution >= 0.6 is 15.9 Å². The Balaban J connectivity index is 2.54. The van der Waals surface area contributed by atoms with Gasteiger partial charge < -0.3 is 10.1 Å². The molecular weight excluding hydrogens is 321 g/mol. The van der Waals surface area contributed by atoms with Gasteiger partial charge in [-0.2, -0.15) is 0 Å². The first-order valence-corrected chi connectivity index (χ1v) is 7.12. The molecule has 106 valence electrons. The van der Waals surface area contributed by atoms with Gasteiger partial charge in [0.25, 0.3) is 0 Å².